The van der Waals surface area contributed by atoms with Crippen LogP contribution in [0.5, 0.6) is 0 Å². The summed E-state index contributed by atoms with van der Waals surface area (Å²) < 4.78 is 0. The predicted octanol–water partition coefficient (Wildman–Crippen LogP) is 6.54. The predicted molar refractivity (Wildman–Crippen MR) is 142 cm³/mol. The average molecular weight is 498 g/mol. The number of aromatic nitrogens is 5. The Bertz CT molecular complexity index is 1030. The molecule has 0 bridgehead atoms. The number of unbranched alkanes of at least 4 members (excludes halogenated alkanes) is 2. The minimum Gasteiger partial charge on any atom is -0.315 e. The third kappa shape index (κ3) is 7.45. The van der Waals surface area contributed by atoms with Crippen molar-refractivity contribution >= 4 is 34.0 Å². The van der Waals surface area contributed by atoms with Gasteiger partial charge in [-0.2, -0.15) is 0 Å². The van der Waals surface area contributed by atoms with Crippen molar-refractivity contribution in [2.24, 2.45) is 0 Å². The molecule has 1 saturated carbocycles. The van der Waals surface area contributed by atoms with Gasteiger partial charge in [-0.3, -0.25) is 4.98 Å². The van der Waals surface area contributed by atoms with Crippen molar-refractivity contribution in [1.82, 2.24) is 30.2 Å². The molecule has 3 aromatic heterocycles. The van der Waals surface area contributed by atoms with Crippen molar-refractivity contribution in [1.29, 1.82) is 0 Å². The van der Waals surface area contributed by atoms with Gasteiger partial charge in [0.25, 0.3) is 0 Å². The Morgan fingerprint density at radius 3 is 2.71 bits per heavy atom. The summed E-state index contributed by atoms with van der Waals surface area (Å²) in [6.07, 6.45) is 15.6. The van der Waals surface area contributed by atoms with Gasteiger partial charge in [0.15, 0.2) is 16.1 Å². The van der Waals surface area contributed by atoms with Gasteiger partial charge < -0.3 is 10.6 Å². The Hall–Kier alpha value is -2.10. The van der Waals surface area contributed by atoms with E-state index in [1.165, 1.54) is 51.4 Å². The number of thiazole rings is 1. The van der Waals surface area contributed by atoms with E-state index in [9.17, 15) is 0 Å². The van der Waals surface area contributed by atoms with Gasteiger partial charge in [0.05, 0.1) is 28.7 Å². The standard InChI is InChI=1S/C25H35N7S2/c1-4-5-6-9-18(3)33-25-30-17(2)12-21(31-25)22-15-29-24(34-22)32-23-16-27-20(14-28-23)13-26-19-10-7-8-11-19/h12,14-16,18-19,26H,4-11,13H2,1-3H3,(H,28,29,32). The molecule has 1 aliphatic rings. The minimum atomic E-state index is 0.509. The van der Waals surface area contributed by atoms with Gasteiger partial charge in [-0.05, 0) is 32.3 Å². The van der Waals surface area contributed by atoms with E-state index in [1.54, 1.807) is 29.3 Å². The molecule has 0 saturated heterocycles. The number of nitrogens with zero attached hydrogens (tertiary/aromatic N) is 5. The van der Waals surface area contributed by atoms with Crippen LogP contribution in [0.1, 0.15) is 76.6 Å². The van der Waals surface area contributed by atoms with E-state index in [-0.39, 0.29) is 0 Å². The first-order chi connectivity index (χ1) is 16.6. The lowest BCUT2D eigenvalue weighted by Gasteiger charge is -2.11. The van der Waals surface area contributed by atoms with Crippen molar-refractivity contribution in [2.45, 2.75) is 95.1 Å². The molecule has 0 amide bonds. The summed E-state index contributed by atoms with van der Waals surface area (Å²) in [4.78, 5) is 24.1. The Kier molecular flexibility index (Phi) is 9.24. The van der Waals surface area contributed by atoms with Gasteiger partial charge in [-0.15, -0.1) is 0 Å². The Morgan fingerprint density at radius 1 is 1.09 bits per heavy atom. The van der Waals surface area contributed by atoms with Crippen molar-refractivity contribution in [2.75, 3.05) is 5.32 Å². The van der Waals surface area contributed by atoms with E-state index in [0.29, 0.717) is 17.1 Å². The molecule has 34 heavy (non-hydrogen) atoms. The normalized spacial score (nSPS) is 15.0. The maximum Gasteiger partial charge on any atom is 0.188 e. The molecule has 0 aliphatic heterocycles. The van der Waals surface area contributed by atoms with E-state index in [2.05, 4.69) is 44.4 Å². The number of aryl methyl sites for hydroxylation is 1. The number of anilines is 2. The van der Waals surface area contributed by atoms with E-state index in [1.807, 2.05) is 25.4 Å². The lowest BCUT2D eigenvalue weighted by Crippen LogP contribution is -2.25. The van der Waals surface area contributed by atoms with E-state index >= 15 is 0 Å². The highest BCUT2D eigenvalue weighted by atomic mass is 32.2. The topological polar surface area (TPSA) is 88.5 Å². The van der Waals surface area contributed by atoms with Crippen molar-refractivity contribution in [3.8, 4) is 10.6 Å². The number of hydrogen-bond donors (Lipinski definition) is 2. The lowest BCUT2D eigenvalue weighted by molar-refractivity contribution is 0.519. The molecule has 182 valence electrons. The number of thioether (sulfide) groups is 1. The summed E-state index contributed by atoms with van der Waals surface area (Å²) >= 11 is 3.33. The van der Waals surface area contributed by atoms with Gasteiger partial charge in [-0.1, -0.05) is 69.1 Å². The SMILES string of the molecule is CCCCCC(C)Sc1nc(C)cc(-c2cnc(Nc3cnc(CNC4CCCC4)cn3)s2)n1. The van der Waals surface area contributed by atoms with Crippen LogP contribution < -0.4 is 10.6 Å². The Labute approximate surface area is 211 Å². The van der Waals surface area contributed by atoms with E-state index < -0.39 is 0 Å². The molecular formula is C25H35N7S2. The van der Waals surface area contributed by atoms with Crippen molar-refractivity contribution in [3.63, 3.8) is 0 Å². The zero-order chi connectivity index (χ0) is 23.8. The number of hydrogen-bond acceptors (Lipinski definition) is 9. The molecule has 4 rings (SSSR count). The highest BCUT2D eigenvalue weighted by Gasteiger charge is 2.15. The first-order valence-corrected chi connectivity index (χ1v) is 14.1. The third-order valence-electron chi connectivity index (χ3n) is 5.98. The van der Waals surface area contributed by atoms with Crippen molar-refractivity contribution in [3.05, 3.63) is 36.0 Å². The molecule has 1 atom stereocenters. The fourth-order valence-electron chi connectivity index (χ4n) is 4.09. The second kappa shape index (κ2) is 12.6. The molecule has 1 unspecified atom stereocenters. The smallest absolute Gasteiger partial charge is 0.188 e. The van der Waals surface area contributed by atoms with Crippen LogP contribution in [0.2, 0.25) is 0 Å². The van der Waals surface area contributed by atoms with E-state index in [0.717, 1.165) is 38.8 Å². The third-order valence-corrected chi connectivity index (χ3v) is 7.95. The number of nitrogens with one attached hydrogen (secondary N) is 2. The molecule has 3 heterocycles. The van der Waals surface area contributed by atoms with Crippen LogP contribution in [0, 0.1) is 6.92 Å². The Morgan fingerprint density at radius 2 is 1.94 bits per heavy atom. The lowest BCUT2D eigenvalue weighted by atomic mass is 10.2. The van der Waals surface area contributed by atoms with Gasteiger partial charge >= 0.3 is 0 Å². The molecule has 0 aromatic carbocycles. The summed E-state index contributed by atoms with van der Waals surface area (Å²) in [6, 6.07) is 2.65. The molecule has 7 nitrogen and oxygen atoms in total. The molecule has 0 radical (unpaired) electrons. The van der Waals surface area contributed by atoms with Gasteiger partial charge in [0.1, 0.15) is 0 Å². The van der Waals surface area contributed by atoms with Gasteiger partial charge in [0.2, 0.25) is 0 Å². The first kappa shape index (κ1) is 25.0. The summed E-state index contributed by atoms with van der Waals surface area (Å²) in [5, 5.41) is 8.98. The van der Waals surface area contributed by atoms with Crippen LogP contribution in [0.25, 0.3) is 10.6 Å². The highest BCUT2D eigenvalue weighted by Crippen LogP contribution is 2.32. The highest BCUT2D eigenvalue weighted by molar-refractivity contribution is 7.99. The molecule has 3 aromatic rings. The van der Waals surface area contributed by atoms with Crippen LogP contribution in [0.15, 0.2) is 29.8 Å². The maximum atomic E-state index is 4.82. The van der Waals surface area contributed by atoms with E-state index in [4.69, 9.17) is 4.98 Å². The van der Waals surface area contributed by atoms with Crippen LogP contribution in [0.4, 0.5) is 10.9 Å². The minimum absolute atomic E-state index is 0.509. The monoisotopic (exact) mass is 497 g/mol. The summed E-state index contributed by atoms with van der Waals surface area (Å²) in [5.41, 5.74) is 2.85. The zero-order valence-corrected chi connectivity index (χ0v) is 22.0. The van der Waals surface area contributed by atoms with Gasteiger partial charge in [-0.25, -0.2) is 19.9 Å². The van der Waals surface area contributed by atoms with Gasteiger partial charge in [0, 0.05) is 29.7 Å². The van der Waals surface area contributed by atoms with Crippen molar-refractivity contribution < 1.29 is 0 Å². The molecule has 0 spiro atoms. The summed E-state index contributed by atoms with van der Waals surface area (Å²) in [6.45, 7) is 7.29. The summed E-state index contributed by atoms with van der Waals surface area (Å²) in [5.74, 6) is 0.696. The molecular weight excluding hydrogens is 462 g/mol. The molecule has 2 N–H and O–H groups in total. The van der Waals surface area contributed by atoms with Crippen LogP contribution in [-0.2, 0) is 6.54 Å². The fraction of sp³-hybridized carbons (Fsp3) is 0.560. The molecule has 1 aliphatic carbocycles. The van der Waals surface area contributed by atoms with Crippen LogP contribution in [-0.4, -0.2) is 36.2 Å². The largest absolute Gasteiger partial charge is 0.315 e. The second-order valence-corrected chi connectivity index (χ2v) is 11.4. The molecule has 9 heteroatoms. The molecule has 1 fully saturated rings. The maximum absolute atomic E-state index is 4.82. The van der Waals surface area contributed by atoms with Crippen LogP contribution in [0.3, 0.4) is 0 Å². The van der Waals surface area contributed by atoms with Crippen LogP contribution >= 0.6 is 23.1 Å². The average Bonchev–Trinajstić information content (AvgIpc) is 3.51. The quantitative estimate of drug-likeness (QED) is 0.166. The first-order valence-electron chi connectivity index (χ1n) is 12.4. The second-order valence-electron chi connectivity index (χ2n) is 9.01. The number of rotatable bonds is 12. The fourth-order valence-corrected chi connectivity index (χ4v) is 5.87. The Balaban J connectivity index is 1.35. The zero-order valence-electron chi connectivity index (χ0n) is 20.4. The summed E-state index contributed by atoms with van der Waals surface area (Å²) in [7, 11) is 0.